The van der Waals surface area contributed by atoms with Crippen LogP contribution in [0.2, 0.25) is 0 Å². The molecule has 0 N–H and O–H groups in total. The van der Waals surface area contributed by atoms with Crippen molar-refractivity contribution in [3.8, 4) is 6.07 Å². The second kappa shape index (κ2) is 9.63. The van der Waals surface area contributed by atoms with Crippen molar-refractivity contribution in [1.82, 2.24) is 14.7 Å². The summed E-state index contributed by atoms with van der Waals surface area (Å²) < 4.78 is 0. The van der Waals surface area contributed by atoms with Gasteiger partial charge in [0.15, 0.2) is 0 Å². The van der Waals surface area contributed by atoms with Crippen LogP contribution in [0.5, 0.6) is 0 Å². The molecule has 6 nitrogen and oxygen atoms in total. The Kier molecular flexibility index (Phi) is 7.51. The molecular formula is C18H30N4O2. The first-order valence-electron chi connectivity index (χ1n) is 9.31. The van der Waals surface area contributed by atoms with Crippen molar-refractivity contribution in [3.63, 3.8) is 0 Å². The van der Waals surface area contributed by atoms with Crippen LogP contribution >= 0.6 is 0 Å². The van der Waals surface area contributed by atoms with Gasteiger partial charge in [-0.05, 0) is 19.8 Å². The molecule has 0 unspecified atom stereocenters. The maximum Gasteiger partial charge on any atom is 0.236 e. The maximum absolute atomic E-state index is 12.6. The van der Waals surface area contributed by atoms with E-state index in [1.54, 1.807) is 4.90 Å². The average Bonchev–Trinajstić information content (AvgIpc) is 2.63. The fraction of sp³-hybridized carbons (Fsp3) is 0.833. The van der Waals surface area contributed by atoms with E-state index in [1.165, 1.54) is 19.3 Å². The zero-order valence-corrected chi connectivity index (χ0v) is 14.9. The Bertz CT molecular complexity index is 460. The molecule has 2 fully saturated rings. The summed E-state index contributed by atoms with van der Waals surface area (Å²) >= 11 is 0. The van der Waals surface area contributed by atoms with Crippen LogP contribution in [0.3, 0.4) is 0 Å². The van der Waals surface area contributed by atoms with Gasteiger partial charge in [-0.25, -0.2) is 0 Å². The monoisotopic (exact) mass is 334 g/mol. The number of carbonyl (C=O) groups excluding carboxylic acids is 2. The number of carbonyl (C=O) groups is 2. The van der Waals surface area contributed by atoms with Gasteiger partial charge in [0, 0.05) is 45.2 Å². The van der Waals surface area contributed by atoms with Crippen molar-refractivity contribution in [3.05, 3.63) is 0 Å². The van der Waals surface area contributed by atoms with Crippen LogP contribution in [0, 0.1) is 17.2 Å². The third kappa shape index (κ3) is 5.20. The largest absolute Gasteiger partial charge is 0.341 e. The van der Waals surface area contributed by atoms with E-state index >= 15 is 0 Å². The first-order valence-corrected chi connectivity index (χ1v) is 9.31. The van der Waals surface area contributed by atoms with Gasteiger partial charge >= 0.3 is 0 Å². The molecule has 0 bridgehead atoms. The van der Waals surface area contributed by atoms with Crippen LogP contribution in [0.15, 0.2) is 0 Å². The van der Waals surface area contributed by atoms with Crippen molar-refractivity contribution < 1.29 is 9.59 Å². The van der Waals surface area contributed by atoms with Crippen LogP contribution in [-0.2, 0) is 9.59 Å². The van der Waals surface area contributed by atoms with Gasteiger partial charge in [0.25, 0.3) is 0 Å². The predicted molar refractivity (Wildman–Crippen MR) is 92.1 cm³/mol. The molecule has 0 aromatic carbocycles. The van der Waals surface area contributed by atoms with E-state index in [0.717, 1.165) is 39.0 Å². The molecule has 0 spiro atoms. The second-order valence-corrected chi connectivity index (χ2v) is 6.82. The SMILES string of the molecule is CCN(CCC#N)C(=O)CN1CCN(C(=O)C2CCCCC2)CC1. The lowest BCUT2D eigenvalue weighted by Gasteiger charge is -2.37. The molecule has 6 heteroatoms. The number of rotatable bonds is 6. The smallest absolute Gasteiger partial charge is 0.236 e. The minimum absolute atomic E-state index is 0.0832. The minimum atomic E-state index is 0.0832. The lowest BCUT2D eigenvalue weighted by molar-refractivity contribution is -0.139. The zero-order chi connectivity index (χ0) is 17.4. The molecule has 0 aromatic heterocycles. The van der Waals surface area contributed by atoms with E-state index in [9.17, 15) is 9.59 Å². The van der Waals surface area contributed by atoms with Crippen LogP contribution in [0.25, 0.3) is 0 Å². The summed E-state index contributed by atoms with van der Waals surface area (Å²) in [5, 5.41) is 8.67. The van der Waals surface area contributed by atoms with Crippen LogP contribution in [0.1, 0.15) is 45.4 Å². The van der Waals surface area contributed by atoms with Crippen LogP contribution < -0.4 is 0 Å². The van der Waals surface area contributed by atoms with Crippen molar-refractivity contribution in [2.24, 2.45) is 5.92 Å². The van der Waals surface area contributed by atoms with Gasteiger partial charge in [-0.2, -0.15) is 5.26 Å². The molecular weight excluding hydrogens is 304 g/mol. The molecule has 2 rings (SSSR count). The maximum atomic E-state index is 12.6. The molecule has 2 amide bonds. The van der Waals surface area contributed by atoms with Crippen LogP contribution in [0.4, 0.5) is 0 Å². The van der Waals surface area contributed by atoms with Gasteiger partial charge in [-0.15, -0.1) is 0 Å². The van der Waals surface area contributed by atoms with Gasteiger partial charge in [0.2, 0.25) is 11.8 Å². The fourth-order valence-electron chi connectivity index (χ4n) is 3.67. The standard InChI is InChI=1S/C18H30N4O2/c1-2-21(10-6-9-19)17(23)15-20-11-13-22(14-12-20)18(24)16-7-4-3-5-8-16/h16H,2-8,10-15H2,1H3. The Morgan fingerprint density at radius 1 is 1.12 bits per heavy atom. The first-order chi connectivity index (χ1) is 11.7. The minimum Gasteiger partial charge on any atom is -0.341 e. The van der Waals surface area contributed by atoms with Gasteiger partial charge in [-0.1, -0.05) is 19.3 Å². The summed E-state index contributed by atoms with van der Waals surface area (Å²) in [6, 6.07) is 2.09. The molecule has 1 aliphatic carbocycles. The van der Waals surface area contributed by atoms with Gasteiger partial charge in [0.1, 0.15) is 0 Å². The quantitative estimate of drug-likeness (QED) is 0.738. The molecule has 0 radical (unpaired) electrons. The third-order valence-corrected chi connectivity index (χ3v) is 5.23. The number of hydrogen-bond acceptors (Lipinski definition) is 4. The van der Waals surface area contributed by atoms with Crippen molar-refractivity contribution in [2.75, 3.05) is 45.8 Å². The number of nitrogens with zero attached hydrogens (tertiary/aromatic N) is 4. The molecule has 1 saturated carbocycles. The summed E-state index contributed by atoms with van der Waals surface area (Å²) in [6.45, 7) is 6.47. The fourth-order valence-corrected chi connectivity index (χ4v) is 3.67. The highest BCUT2D eigenvalue weighted by Crippen LogP contribution is 2.25. The van der Waals surface area contributed by atoms with Gasteiger partial charge in [-0.3, -0.25) is 14.5 Å². The van der Waals surface area contributed by atoms with E-state index in [1.807, 2.05) is 11.8 Å². The number of piperazine rings is 1. The Balaban J connectivity index is 1.74. The lowest BCUT2D eigenvalue weighted by atomic mass is 9.88. The highest BCUT2D eigenvalue weighted by Gasteiger charge is 2.29. The van der Waals surface area contributed by atoms with Gasteiger partial charge in [0.05, 0.1) is 19.0 Å². The summed E-state index contributed by atoms with van der Waals surface area (Å²) in [5.74, 6) is 0.637. The number of likely N-dealkylation sites (N-methyl/N-ethyl adjacent to an activating group) is 1. The van der Waals surface area contributed by atoms with E-state index < -0.39 is 0 Å². The summed E-state index contributed by atoms with van der Waals surface area (Å²) in [6.07, 6.45) is 6.09. The third-order valence-electron chi connectivity index (χ3n) is 5.23. The van der Waals surface area contributed by atoms with E-state index in [2.05, 4.69) is 11.0 Å². The Hall–Kier alpha value is -1.61. The molecule has 1 saturated heterocycles. The molecule has 1 heterocycles. The molecule has 1 aliphatic heterocycles. The Morgan fingerprint density at radius 3 is 2.38 bits per heavy atom. The highest BCUT2D eigenvalue weighted by atomic mass is 16.2. The highest BCUT2D eigenvalue weighted by molar-refractivity contribution is 5.79. The Labute approximate surface area is 145 Å². The number of nitriles is 1. The predicted octanol–water partition coefficient (Wildman–Crippen LogP) is 1.47. The summed E-state index contributed by atoms with van der Waals surface area (Å²) in [5.41, 5.74) is 0. The summed E-state index contributed by atoms with van der Waals surface area (Å²) in [4.78, 5) is 30.7. The van der Waals surface area contributed by atoms with Crippen molar-refractivity contribution in [2.45, 2.75) is 45.4 Å². The number of amides is 2. The topological polar surface area (TPSA) is 67.7 Å². The van der Waals surface area contributed by atoms with Gasteiger partial charge < -0.3 is 9.80 Å². The average molecular weight is 334 g/mol. The second-order valence-electron chi connectivity index (χ2n) is 6.82. The van der Waals surface area contributed by atoms with Crippen LogP contribution in [-0.4, -0.2) is 72.3 Å². The molecule has 2 aliphatic rings. The van der Waals surface area contributed by atoms with E-state index in [-0.39, 0.29) is 11.8 Å². The molecule has 0 aromatic rings. The Morgan fingerprint density at radius 2 is 1.79 bits per heavy atom. The van der Waals surface area contributed by atoms with Crippen molar-refractivity contribution >= 4 is 11.8 Å². The van der Waals surface area contributed by atoms with E-state index in [4.69, 9.17) is 5.26 Å². The molecule has 24 heavy (non-hydrogen) atoms. The number of hydrogen-bond donors (Lipinski definition) is 0. The molecule has 0 atom stereocenters. The molecule has 134 valence electrons. The normalized spacial score (nSPS) is 19.8. The lowest BCUT2D eigenvalue weighted by Crippen LogP contribution is -2.52. The zero-order valence-electron chi connectivity index (χ0n) is 14.9. The van der Waals surface area contributed by atoms with E-state index in [0.29, 0.717) is 32.0 Å². The first kappa shape index (κ1) is 18.7. The van der Waals surface area contributed by atoms with Crippen molar-refractivity contribution in [1.29, 1.82) is 5.26 Å². The summed E-state index contributed by atoms with van der Waals surface area (Å²) in [7, 11) is 0.